The molecule has 0 radical (unpaired) electrons. The molecule has 0 aliphatic heterocycles. The highest BCUT2D eigenvalue weighted by Crippen LogP contribution is 2.22. The fourth-order valence-electron chi connectivity index (χ4n) is 1.09. The van der Waals surface area contributed by atoms with Crippen molar-refractivity contribution in [2.75, 3.05) is 19.1 Å². The molecule has 1 rings (SSSR count). The summed E-state index contributed by atoms with van der Waals surface area (Å²) in [6, 6.07) is -0.193. The number of aromatic nitrogens is 2. The molecule has 5 nitrogen and oxygen atoms in total. The molecule has 0 fully saturated rings. The first kappa shape index (κ1) is 13.5. The minimum Gasteiger partial charge on any atom is -0.371 e. The topological polar surface area (TPSA) is 74.2 Å². The van der Waals surface area contributed by atoms with Gasteiger partial charge in [0.15, 0.2) is 0 Å². The predicted molar refractivity (Wildman–Crippen MR) is 64.3 cm³/mol. The van der Waals surface area contributed by atoms with E-state index in [9.17, 15) is 0 Å². The van der Waals surface area contributed by atoms with E-state index in [2.05, 4.69) is 10.1 Å². The number of nitrogens with zero attached hydrogens (tertiary/aromatic N) is 2. The van der Waals surface area contributed by atoms with Crippen LogP contribution in [0, 0.1) is 0 Å². The van der Waals surface area contributed by atoms with Crippen molar-refractivity contribution in [2.45, 2.75) is 31.9 Å². The molecule has 1 heterocycles. The third kappa shape index (κ3) is 3.20. The van der Waals surface area contributed by atoms with E-state index in [0.29, 0.717) is 11.7 Å². The molecule has 0 aliphatic rings. The van der Waals surface area contributed by atoms with Crippen LogP contribution >= 0.6 is 11.8 Å². The maximum atomic E-state index is 5.93. The summed E-state index contributed by atoms with van der Waals surface area (Å²) in [6.07, 6.45) is 2.87. The zero-order valence-electron chi connectivity index (χ0n) is 10.2. The largest absolute Gasteiger partial charge is 0.371 e. The van der Waals surface area contributed by atoms with Gasteiger partial charge in [-0.15, -0.1) is 0 Å². The van der Waals surface area contributed by atoms with Crippen LogP contribution in [0.5, 0.6) is 0 Å². The predicted octanol–water partition coefficient (Wildman–Crippen LogP) is 1.70. The molecular weight excluding hydrogens is 226 g/mol. The van der Waals surface area contributed by atoms with Gasteiger partial charge in [0.2, 0.25) is 11.7 Å². The third-order valence-corrected chi connectivity index (χ3v) is 3.08. The van der Waals surface area contributed by atoms with E-state index in [1.54, 1.807) is 18.9 Å². The second kappa shape index (κ2) is 5.65. The van der Waals surface area contributed by atoms with Crippen LogP contribution in [0.1, 0.15) is 38.0 Å². The van der Waals surface area contributed by atoms with Gasteiger partial charge in [-0.3, -0.25) is 0 Å². The number of thioether (sulfide) groups is 1. The van der Waals surface area contributed by atoms with Crippen LogP contribution in [0.4, 0.5) is 0 Å². The van der Waals surface area contributed by atoms with Crippen molar-refractivity contribution in [2.24, 2.45) is 5.73 Å². The highest BCUT2D eigenvalue weighted by molar-refractivity contribution is 7.98. The molecule has 0 saturated carbocycles. The Hall–Kier alpha value is -0.590. The molecule has 0 amide bonds. The number of hydrogen-bond donors (Lipinski definition) is 1. The minimum absolute atomic E-state index is 0.193. The second-order valence-electron chi connectivity index (χ2n) is 4.06. The van der Waals surface area contributed by atoms with Gasteiger partial charge >= 0.3 is 0 Å². The molecule has 0 bridgehead atoms. The minimum atomic E-state index is -0.541. The summed E-state index contributed by atoms with van der Waals surface area (Å²) in [5, 5.41) is 3.89. The van der Waals surface area contributed by atoms with Crippen LogP contribution in [-0.4, -0.2) is 29.3 Å². The van der Waals surface area contributed by atoms with E-state index in [4.69, 9.17) is 15.0 Å². The Morgan fingerprint density at radius 1 is 1.56 bits per heavy atom. The number of rotatable bonds is 6. The Bertz CT molecular complexity index is 328. The molecular formula is C10H19N3O2S. The van der Waals surface area contributed by atoms with Crippen LogP contribution in [0.3, 0.4) is 0 Å². The van der Waals surface area contributed by atoms with Gasteiger partial charge in [0, 0.05) is 7.11 Å². The summed E-state index contributed by atoms with van der Waals surface area (Å²) in [6.45, 7) is 3.77. The van der Waals surface area contributed by atoms with E-state index in [0.717, 1.165) is 12.2 Å². The summed E-state index contributed by atoms with van der Waals surface area (Å²) in [5.41, 5.74) is 5.39. The van der Waals surface area contributed by atoms with Gasteiger partial charge in [0.1, 0.15) is 5.60 Å². The van der Waals surface area contributed by atoms with E-state index >= 15 is 0 Å². The van der Waals surface area contributed by atoms with Crippen LogP contribution in [-0.2, 0) is 10.3 Å². The molecule has 1 aromatic heterocycles. The van der Waals surface area contributed by atoms with Gasteiger partial charge in [-0.1, -0.05) is 5.16 Å². The van der Waals surface area contributed by atoms with E-state index in [1.165, 1.54) is 0 Å². The Balaban J connectivity index is 2.71. The maximum absolute atomic E-state index is 5.93. The zero-order valence-corrected chi connectivity index (χ0v) is 11.0. The van der Waals surface area contributed by atoms with Gasteiger partial charge in [-0.05, 0) is 32.3 Å². The lowest BCUT2D eigenvalue weighted by Crippen LogP contribution is -2.21. The fraction of sp³-hybridized carbons (Fsp3) is 0.800. The van der Waals surface area contributed by atoms with Crippen LogP contribution < -0.4 is 5.73 Å². The molecule has 0 unspecified atom stereocenters. The van der Waals surface area contributed by atoms with Gasteiger partial charge in [0.05, 0.1) is 6.04 Å². The SMILES string of the molecule is COC(C)(C)c1noc([C@@H](N)CCSC)n1. The normalized spacial score (nSPS) is 14.1. The zero-order chi connectivity index (χ0) is 12.2. The van der Waals surface area contributed by atoms with Crippen molar-refractivity contribution >= 4 is 11.8 Å². The number of nitrogens with two attached hydrogens (primary N) is 1. The maximum Gasteiger partial charge on any atom is 0.243 e. The molecule has 1 atom stereocenters. The molecule has 0 aliphatic carbocycles. The van der Waals surface area contributed by atoms with Gasteiger partial charge in [-0.25, -0.2) is 0 Å². The van der Waals surface area contributed by atoms with Crippen molar-refractivity contribution in [3.63, 3.8) is 0 Å². The summed E-state index contributed by atoms with van der Waals surface area (Å²) in [4.78, 5) is 4.27. The Morgan fingerprint density at radius 2 is 2.25 bits per heavy atom. The molecule has 16 heavy (non-hydrogen) atoms. The molecule has 92 valence electrons. The lowest BCUT2D eigenvalue weighted by atomic mass is 10.1. The highest BCUT2D eigenvalue weighted by atomic mass is 32.2. The number of hydrogen-bond acceptors (Lipinski definition) is 6. The standard InChI is InChI=1S/C10H19N3O2S/c1-10(2,14-3)9-12-8(15-13-9)7(11)5-6-16-4/h7H,5-6,11H2,1-4H3/t7-/m0/s1. The van der Waals surface area contributed by atoms with Crippen LogP contribution in [0.2, 0.25) is 0 Å². The molecule has 1 aromatic rings. The lowest BCUT2D eigenvalue weighted by Gasteiger charge is -2.17. The molecule has 0 spiro atoms. The third-order valence-electron chi connectivity index (χ3n) is 2.44. The van der Waals surface area contributed by atoms with E-state index in [1.807, 2.05) is 20.1 Å². The van der Waals surface area contributed by atoms with Crippen molar-refractivity contribution in [1.82, 2.24) is 10.1 Å². The summed E-state index contributed by atoms with van der Waals surface area (Å²) in [7, 11) is 1.61. The van der Waals surface area contributed by atoms with Gasteiger partial charge in [0.25, 0.3) is 0 Å². The Morgan fingerprint density at radius 3 is 2.81 bits per heavy atom. The quantitative estimate of drug-likeness (QED) is 0.822. The van der Waals surface area contributed by atoms with E-state index in [-0.39, 0.29) is 6.04 Å². The second-order valence-corrected chi connectivity index (χ2v) is 5.04. The van der Waals surface area contributed by atoms with Crippen LogP contribution in [0.25, 0.3) is 0 Å². The molecule has 0 aromatic carbocycles. The number of methoxy groups -OCH3 is 1. The Kier molecular flexibility index (Phi) is 4.76. The highest BCUT2D eigenvalue weighted by Gasteiger charge is 2.27. The average molecular weight is 245 g/mol. The summed E-state index contributed by atoms with van der Waals surface area (Å²) >= 11 is 1.75. The first-order chi connectivity index (χ1) is 7.51. The van der Waals surface area contributed by atoms with Crippen molar-refractivity contribution < 1.29 is 9.26 Å². The first-order valence-corrected chi connectivity index (χ1v) is 6.54. The van der Waals surface area contributed by atoms with Gasteiger partial charge in [-0.2, -0.15) is 16.7 Å². The molecule has 2 N–H and O–H groups in total. The molecule has 0 saturated heterocycles. The lowest BCUT2D eigenvalue weighted by molar-refractivity contribution is 0.00973. The van der Waals surface area contributed by atoms with Crippen molar-refractivity contribution in [3.05, 3.63) is 11.7 Å². The van der Waals surface area contributed by atoms with Crippen molar-refractivity contribution in [1.29, 1.82) is 0 Å². The van der Waals surface area contributed by atoms with E-state index < -0.39 is 5.60 Å². The first-order valence-electron chi connectivity index (χ1n) is 5.15. The molecule has 6 heteroatoms. The van der Waals surface area contributed by atoms with Crippen LogP contribution in [0.15, 0.2) is 4.52 Å². The van der Waals surface area contributed by atoms with Gasteiger partial charge < -0.3 is 15.0 Å². The number of ether oxygens (including phenoxy) is 1. The fourth-order valence-corrected chi connectivity index (χ4v) is 1.58. The average Bonchev–Trinajstić information content (AvgIpc) is 2.75. The Labute approximate surface area is 100 Å². The smallest absolute Gasteiger partial charge is 0.243 e. The summed E-state index contributed by atoms with van der Waals surface area (Å²) in [5.74, 6) is 1.99. The monoisotopic (exact) mass is 245 g/mol. The summed E-state index contributed by atoms with van der Waals surface area (Å²) < 4.78 is 10.4. The van der Waals surface area contributed by atoms with Crippen molar-refractivity contribution in [3.8, 4) is 0 Å².